The summed E-state index contributed by atoms with van der Waals surface area (Å²) in [5, 5.41) is 0. The van der Waals surface area contributed by atoms with Crippen LogP contribution in [0.1, 0.15) is 44.0 Å². The van der Waals surface area contributed by atoms with Crippen LogP contribution in [0.5, 0.6) is 0 Å². The Morgan fingerprint density at radius 3 is 2.38 bits per heavy atom. The van der Waals surface area contributed by atoms with E-state index in [2.05, 4.69) is 4.98 Å². The lowest BCUT2D eigenvalue weighted by Gasteiger charge is -2.21. The third-order valence-electron chi connectivity index (χ3n) is 5.35. The first kappa shape index (κ1) is 17.3. The molecule has 0 atom stereocenters. The normalized spacial score (nSPS) is 15.2. The molecule has 1 aliphatic heterocycles. The highest BCUT2D eigenvalue weighted by atomic mass is 16.2. The van der Waals surface area contributed by atoms with Crippen LogP contribution in [0.2, 0.25) is 0 Å². The average Bonchev–Trinajstić information content (AvgIpc) is 2.99. The van der Waals surface area contributed by atoms with Crippen LogP contribution in [-0.2, 0) is 13.0 Å². The fourth-order valence-corrected chi connectivity index (χ4v) is 3.92. The van der Waals surface area contributed by atoms with Crippen molar-refractivity contribution < 1.29 is 9.59 Å². The Kier molecular flexibility index (Phi) is 3.98. The number of amides is 2. The lowest BCUT2D eigenvalue weighted by Crippen LogP contribution is -2.29. The van der Waals surface area contributed by atoms with Gasteiger partial charge in [0.25, 0.3) is 11.8 Å². The van der Waals surface area contributed by atoms with Gasteiger partial charge in [-0.3, -0.25) is 19.5 Å². The molecule has 2 aliphatic rings. The maximum atomic E-state index is 12.8. The Labute approximate surface area is 167 Å². The predicted molar refractivity (Wildman–Crippen MR) is 109 cm³/mol. The van der Waals surface area contributed by atoms with E-state index in [4.69, 9.17) is 10.7 Å². The average molecular weight is 382 g/mol. The number of benzene rings is 1. The molecule has 2 amide bonds. The van der Waals surface area contributed by atoms with Gasteiger partial charge in [-0.25, -0.2) is 4.98 Å². The summed E-state index contributed by atoms with van der Waals surface area (Å²) in [6.07, 6.45) is 5.33. The van der Waals surface area contributed by atoms with Gasteiger partial charge in [0, 0.05) is 11.8 Å². The number of carbonyl (C=O) groups excluding carboxylic acids is 2. The van der Waals surface area contributed by atoms with Crippen LogP contribution in [0.3, 0.4) is 0 Å². The molecule has 3 aromatic rings. The molecule has 142 valence electrons. The number of aryl methyl sites for hydroxylation is 1. The van der Waals surface area contributed by atoms with Crippen LogP contribution in [0.4, 0.5) is 0 Å². The van der Waals surface area contributed by atoms with Crippen LogP contribution >= 0.6 is 0 Å². The summed E-state index contributed by atoms with van der Waals surface area (Å²) in [5.74, 6) is -0.565. The van der Waals surface area contributed by atoms with Crippen molar-refractivity contribution >= 4 is 17.5 Å². The molecule has 6 heteroatoms. The van der Waals surface area contributed by atoms with E-state index in [0.717, 1.165) is 29.7 Å². The molecule has 2 N–H and O–H groups in total. The molecule has 0 radical (unpaired) electrons. The molecule has 0 spiro atoms. The van der Waals surface area contributed by atoms with Crippen LogP contribution < -0.4 is 5.73 Å². The summed E-state index contributed by atoms with van der Waals surface area (Å²) in [4.78, 5) is 36.2. The van der Waals surface area contributed by atoms with Crippen molar-refractivity contribution in [2.24, 2.45) is 5.73 Å². The van der Waals surface area contributed by atoms with Crippen LogP contribution in [0.25, 0.3) is 17.1 Å². The number of hydrogen-bond acceptors (Lipinski definition) is 5. The van der Waals surface area contributed by atoms with E-state index in [1.807, 2.05) is 30.3 Å². The third-order valence-corrected chi connectivity index (χ3v) is 5.35. The van der Waals surface area contributed by atoms with Crippen LogP contribution in [0.15, 0.2) is 60.8 Å². The molecule has 0 unspecified atom stereocenters. The number of allylic oxidation sites excluding steroid dienone is 1. The highest BCUT2D eigenvalue weighted by Crippen LogP contribution is 2.31. The molecule has 6 nitrogen and oxygen atoms in total. The molecule has 0 saturated carbocycles. The summed E-state index contributed by atoms with van der Waals surface area (Å²) in [5.41, 5.74) is 11.6. The minimum atomic E-state index is -0.283. The van der Waals surface area contributed by atoms with E-state index in [1.54, 1.807) is 30.5 Å². The lowest BCUT2D eigenvalue weighted by molar-refractivity contribution is 0.0642. The molecular weight excluding hydrogens is 364 g/mol. The second kappa shape index (κ2) is 6.67. The fourth-order valence-electron chi connectivity index (χ4n) is 3.92. The van der Waals surface area contributed by atoms with Gasteiger partial charge in [-0.05, 0) is 48.7 Å². The summed E-state index contributed by atoms with van der Waals surface area (Å²) >= 11 is 0. The summed E-state index contributed by atoms with van der Waals surface area (Å²) in [7, 11) is 0. The smallest absolute Gasteiger partial charge is 0.261 e. The first-order valence-electron chi connectivity index (χ1n) is 9.49. The number of imide groups is 1. The highest BCUT2D eigenvalue weighted by molar-refractivity contribution is 6.21. The Hall–Kier alpha value is -3.80. The zero-order valence-corrected chi connectivity index (χ0v) is 15.6. The second-order valence-corrected chi connectivity index (χ2v) is 7.16. The lowest BCUT2D eigenvalue weighted by atomic mass is 9.96. The number of pyridine rings is 2. The first-order valence-corrected chi connectivity index (χ1v) is 9.49. The number of rotatable bonds is 3. The molecular formula is C23H18N4O2. The molecule has 1 aliphatic carbocycles. The monoisotopic (exact) mass is 382 g/mol. The number of carbonyl (C=O) groups is 2. The maximum absolute atomic E-state index is 12.8. The van der Waals surface area contributed by atoms with Gasteiger partial charge >= 0.3 is 0 Å². The largest absolute Gasteiger partial charge is 0.397 e. The third kappa shape index (κ3) is 2.81. The van der Waals surface area contributed by atoms with E-state index >= 15 is 0 Å². The zero-order valence-electron chi connectivity index (χ0n) is 15.6. The van der Waals surface area contributed by atoms with Crippen molar-refractivity contribution in [2.45, 2.75) is 19.4 Å². The Morgan fingerprint density at radius 1 is 0.966 bits per heavy atom. The summed E-state index contributed by atoms with van der Waals surface area (Å²) in [6.45, 7) is 0.141. The van der Waals surface area contributed by atoms with Crippen molar-refractivity contribution in [3.05, 3.63) is 88.8 Å². The number of fused-ring (bicyclic) bond motifs is 2. The van der Waals surface area contributed by atoms with Crippen LogP contribution in [0, 0.1) is 0 Å². The fraction of sp³-hybridized carbons (Fsp3) is 0.130. The zero-order chi connectivity index (χ0) is 20.0. The van der Waals surface area contributed by atoms with Crippen LogP contribution in [-0.4, -0.2) is 26.7 Å². The topological polar surface area (TPSA) is 89.2 Å². The molecule has 0 fully saturated rings. The predicted octanol–water partition coefficient (Wildman–Crippen LogP) is 3.19. The first-order chi connectivity index (χ1) is 14.1. The van der Waals surface area contributed by atoms with Crippen molar-refractivity contribution in [1.29, 1.82) is 0 Å². The Bertz CT molecular complexity index is 1150. The molecule has 2 aromatic heterocycles. The van der Waals surface area contributed by atoms with Gasteiger partial charge in [0.15, 0.2) is 0 Å². The van der Waals surface area contributed by atoms with E-state index in [0.29, 0.717) is 28.2 Å². The molecule has 0 bridgehead atoms. The molecule has 5 rings (SSSR count). The maximum Gasteiger partial charge on any atom is 0.261 e. The van der Waals surface area contributed by atoms with E-state index < -0.39 is 0 Å². The van der Waals surface area contributed by atoms with E-state index in [9.17, 15) is 9.59 Å². The SMILES string of the molecule is NC1=CCCc2cc(CN3C(=O)c4ccccc4C3=O)c(-c3ccccn3)nc21. The van der Waals surface area contributed by atoms with E-state index in [-0.39, 0.29) is 18.4 Å². The highest BCUT2D eigenvalue weighted by Gasteiger charge is 2.35. The number of hydrogen-bond donors (Lipinski definition) is 1. The van der Waals surface area contributed by atoms with Gasteiger partial charge < -0.3 is 5.73 Å². The minimum absolute atomic E-state index is 0.141. The van der Waals surface area contributed by atoms with Gasteiger partial charge in [-0.2, -0.15) is 0 Å². The quantitative estimate of drug-likeness (QED) is 0.703. The van der Waals surface area contributed by atoms with Gasteiger partial charge in [-0.1, -0.05) is 24.3 Å². The Balaban J connectivity index is 1.61. The van der Waals surface area contributed by atoms with Gasteiger partial charge in [0.1, 0.15) is 0 Å². The Morgan fingerprint density at radius 2 is 1.69 bits per heavy atom. The van der Waals surface area contributed by atoms with E-state index in [1.165, 1.54) is 4.90 Å². The standard InChI is InChI=1S/C23H18N4O2/c24-18-9-5-6-14-12-15(21(26-20(14)18)19-10-3-4-11-25-19)13-27-22(28)16-7-1-2-8-17(16)23(27)29/h1-4,7-12H,5-6,13,24H2. The number of nitrogens with two attached hydrogens (primary N) is 1. The number of aromatic nitrogens is 2. The summed E-state index contributed by atoms with van der Waals surface area (Å²) < 4.78 is 0. The molecule has 1 aromatic carbocycles. The molecule has 0 saturated heterocycles. The minimum Gasteiger partial charge on any atom is -0.397 e. The van der Waals surface area contributed by atoms with Crippen molar-refractivity contribution in [3.8, 4) is 11.4 Å². The van der Waals surface area contributed by atoms with Crippen molar-refractivity contribution in [3.63, 3.8) is 0 Å². The molecule has 29 heavy (non-hydrogen) atoms. The van der Waals surface area contributed by atoms with Crippen molar-refractivity contribution in [1.82, 2.24) is 14.9 Å². The summed E-state index contributed by atoms with van der Waals surface area (Å²) in [6, 6.07) is 14.5. The second-order valence-electron chi connectivity index (χ2n) is 7.16. The van der Waals surface area contributed by atoms with Crippen molar-refractivity contribution in [2.75, 3.05) is 0 Å². The molecule has 3 heterocycles. The van der Waals surface area contributed by atoms with Gasteiger partial charge in [0.05, 0.1) is 40.5 Å². The van der Waals surface area contributed by atoms with Gasteiger partial charge in [-0.15, -0.1) is 0 Å². The van der Waals surface area contributed by atoms with Gasteiger partial charge in [0.2, 0.25) is 0 Å². The number of nitrogens with zero attached hydrogens (tertiary/aromatic N) is 3.